The number of fused-ring (bicyclic) bond motifs is 2. The summed E-state index contributed by atoms with van der Waals surface area (Å²) in [4.78, 5) is 9.04. The summed E-state index contributed by atoms with van der Waals surface area (Å²) in [5.41, 5.74) is 2.33. The largest absolute Gasteiger partial charge is 0.492 e. The van der Waals surface area contributed by atoms with Gasteiger partial charge in [0, 0.05) is 32.8 Å². The Labute approximate surface area is 199 Å². The zero-order chi connectivity index (χ0) is 24.6. The Balaban J connectivity index is 1.35. The first-order valence-electron chi connectivity index (χ1n) is 11.7. The third-order valence-electron chi connectivity index (χ3n) is 6.39. The Morgan fingerprint density at radius 3 is 2.71 bits per heavy atom. The van der Waals surface area contributed by atoms with Crippen LogP contribution in [-0.4, -0.2) is 67.2 Å². The minimum absolute atomic E-state index is 0.0282. The normalized spacial score (nSPS) is 20.1. The molecule has 2 aliphatic heterocycles. The van der Waals surface area contributed by atoms with Crippen LogP contribution in [-0.2, 0) is 23.9 Å². The van der Waals surface area contributed by atoms with Crippen molar-refractivity contribution in [1.29, 1.82) is 0 Å². The molecule has 1 aromatic carbocycles. The Hall–Kier alpha value is -2.96. The van der Waals surface area contributed by atoms with Crippen LogP contribution in [0.15, 0.2) is 24.3 Å². The van der Waals surface area contributed by atoms with Gasteiger partial charge in [0.25, 0.3) is 0 Å². The molecular formula is C23H27F3N6O3. The van der Waals surface area contributed by atoms with E-state index < -0.39 is 30.2 Å². The molecule has 1 fully saturated rings. The van der Waals surface area contributed by atoms with Crippen molar-refractivity contribution >= 4 is 16.9 Å². The molecule has 35 heavy (non-hydrogen) atoms. The van der Waals surface area contributed by atoms with Crippen LogP contribution in [0.5, 0.6) is 5.88 Å². The highest BCUT2D eigenvalue weighted by molar-refractivity contribution is 5.89. The Kier molecular flexibility index (Phi) is 6.51. The predicted octanol–water partition coefficient (Wildman–Crippen LogP) is 3.08. The van der Waals surface area contributed by atoms with E-state index in [9.17, 15) is 23.4 Å². The van der Waals surface area contributed by atoms with E-state index in [0.29, 0.717) is 19.6 Å². The van der Waals surface area contributed by atoms with Gasteiger partial charge in [0.05, 0.1) is 6.10 Å². The molecule has 2 atom stereocenters. The highest BCUT2D eigenvalue weighted by Gasteiger charge is 2.37. The van der Waals surface area contributed by atoms with Gasteiger partial charge in [0.15, 0.2) is 17.6 Å². The summed E-state index contributed by atoms with van der Waals surface area (Å²) >= 11 is 0. The van der Waals surface area contributed by atoms with Crippen LogP contribution in [0.4, 0.5) is 19.0 Å². The van der Waals surface area contributed by atoms with Crippen LogP contribution in [0.25, 0.3) is 11.0 Å². The fourth-order valence-electron chi connectivity index (χ4n) is 4.68. The molecule has 2 aromatic heterocycles. The van der Waals surface area contributed by atoms with Crippen LogP contribution >= 0.6 is 0 Å². The Morgan fingerprint density at radius 1 is 1.17 bits per heavy atom. The molecule has 188 valence electrons. The molecule has 0 saturated carbocycles. The van der Waals surface area contributed by atoms with Crippen LogP contribution < -0.4 is 5.32 Å². The number of β-amino-alcohol motifs (C(OH)–C–C–N with tert-alkyl or cyclic N) is 1. The number of alkyl halides is 3. The SMILES string of the molecule is Oc1nc(C(F)(F)F)nc2c(NC[C@H](O)CN3CCc4ccccc4C3)nn(C3CCCCO3)c12. The number of aliphatic hydroxyl groups excluding tert-OH is 1. The molecule has 12 heteroatoms. The van der Waals surface area contributed by atoms with E-state index in [1.54, 1.807) is 0 Å². The summed E-state index contributed by atoms with van der Waals surface area (Å²) in [7, 11) is 0. The summed E-state index contributed by atoms with van der Waals surface area (Å²) in [6, 6.07) is 8.18. The molecule has 1 saturated heterocycles. The molecule has 0 bridgehead atoms. The van der Waals surface area contributed by atoms with E-state index in [1.807, 2.05) is 12.1 Å². The second-order valence-electron chi connectivity index (χ2n) is 8.97. The van der Waals surface area contributed by atoms with Gasteiger partial charge in [-0.3, -0.25) is 4.90 Å². The summed E-state index contributed by atoms with van der Waals surface area (Å²) in [5.74, 6) is -2.24. The van der Waals surface area contributed by atoms with Crippen molar-refractivity contribution < 1.29 is 28.1 Å². The molecule has 4 heterocycles. The highest BCUT2D eigenvalue weighted by atomic mass is 19.4. The van der Waals surface area contributed by atoms with Crippen molar-refractivity contribution in [3.8, 4) is 5.88 Å². The maximum Gasteiger partial charge on any atom is 0.451 e. The maximum atomic E-state index is 13.3. The minimum atomic E-state index is -4.84. The molecular weight excluding hydrogens is 465 g/mol. The van der Waals surface area contributed by atoms with Gasteiger partial charge in [-0.05, 0) is 36.8 Å². The summed E-state index contributed by atoms with van der Waals surface area (Å²) in [6.45, 7) is 2.44. The van der Waals surface area contributed by atoms with Gasteiger partial charge in [-0.1, -0.05) is 24.3 Å². The molecule has 0 aliphatic carbocycles. The number of aliphatic hydroxyl groups is 1. The van der Waals surface area contributed by atoms with Crippen molar-refractivity contribution in [2.24, 2.45) is 0 Å². The van der Waals surface area contributed by atoms with Gasteiger partial charge in [0.2, 0.25) is 11.7 Å². The Morgan fingerprint density at radius 2 is 1.97 bits per heavy atom. The zero-order valence-electron chi connectivity index (χ0n) is 19.0. The van der Waals surface area contributed by atoms with Crippen LogP contribution in [0.1, 0.15) is 42.4 Å². The number of benzene rings is 1. The van der Waals surface area contributed by atoms with Crippen LogP contribution in [0.2, 0.25) is 0 Å². The third-order valence-corrected chi connectivity index (χ3v) is 6.39. The fourth-order valence-corrected chi connectivity index (χ4v) is 4.68. The minimum Gasteiger partial charge on any atom is -0.492 e. The lowest BCUT2D eigenvalue weighted by molar-refractivity contribution is -0.145. The van der Waals surface area contributed by atoms with E-state index in [0.717, 1.165) is 32.4 Å². The number of ether oxygens (including phenoxy) is 1. The number of hydrogen-bond donors (Lipinski definition) is 3. The molecule has 3 N–H and O–H groups in total. The van der Waals surface area contributed by atoms with Crippen molar-refractivity contribution in [1.82, 2.24) is 24.6 Å². The first-order chi connectivity index (χ1) is 16.8. The number of nitrogens with zero attached hydrogens (tertiary/aromatic N) is 5. The second kappa shape index (κ2) is 9.59. The lowest BCUT2D eigenvalue weighted by atomic mass is 10.00. The fraction of sp³-hybridized carbons (Fsp3) is 0.522. The number of halogens is 3. The Bertz CT molecular complexity index is 1200. The number of rotatable bonds is 6. The lowest BCUT2D eigenvalue weighted by Gasteiger charge is -2.30. The molecule has 3 aromatic rings. The van der Waals surface area contributed by atoms with Crippen molar-refractivity contribution in [3.05, 3.63) is 41.2 Å². The molecule has 1 unspecified atom stereocenters. The van der Waals surface area contributed by atoms with E-state index >= 15 is 0 Å². The van der Waals surface area contributed by atoms with Crippen LogP contribution in [0.3, 0.4) is 0 Å². The highest BCUT2D eigenvalue weighted by Crippen LogP contribution is 2.36. The van der Waals surface area contributed by atoms with Gasteiger partial charge < -0.3 is 20.3 Å². The van der Waals surface area contributed by atoms with E-state index in [4.69, 9.17) is 4.74 Å². The number of aromatic nitrogens is 4. The monoisotopic (exact) mass is 492 g/mol. The third kappa shape index (κ3) is 5.04. The number of nitrogens with one attached hydrogen (secondary N) is 1. The summed E-state index contributed by atoms with van der Waals surface area (Å²) in [5, 5.41) is 28.3. The molecule has 2 aliphatic rings. The first-order valence-corrected chi connectivity index (χ1v) is 11.7. The van der Waals surface area contributed by atoms with Gasteiger partial charge in [-0.2, -0.15) is 18.2 Å². The van der Waals surface area contributed by atoms with Gasteiger partial charge in [0.1, 0.15) is 5.52 Å². The van der Waals surface area contributed by atoms with Gasteiger partial charge in [-0.25, -0.2) is 9.67 Å². The average molecular weight is 493 g/mol. The molecule has 9 nitrogen and oxygen atoms in total. The summed E-state index contributed by atoms with van der Waals surface area (Å²) < 4.78 is 47.0. The second-order valence-corrected chi connectivity index (χ2v) is 8.97. The number of hydrogen-bond acceptors (Lipinski definition) is 8. The van der Waals surface area contributed by atoms with Crippen LogP contribution in [0, 0.1) is 0 Å². The predicted molar refractivity (Wildman–Crippen MR) is 121 cm³/mol. The first kappa shape index (κ1) is 23.8. The summed E-state index contributed by atoms with van der Waals surface area (Å²) in [6.07, 6.45) is -2.98. The van der Waals surface area contributed by atoms with Gasteiger partial charge >= 0.3 is 6.18 Å². The zero-order valence-corrected chi connectivity index (χ0v) is 19.0. The van der Waals surface area contributed by atoms with Crippen molar-refractivity contribution in [3.63, 3.8) is 0 Å². The van der Waals surface area contributed by atoms with Crippen molar-refractivity contribution in [2.75, 3.05) is 31.6 Å². The molecule has 0 amide bonds. The maximum absolute atomic E-state index is 13.3. The topological polar surface area (TPSA) is 109 Å². The molecule has 0 spiro atoms. The quantitative estimate of drug-likeness (QED) is 0.482. The lowest BCUT2D eigenvalue weighted by Crippen LogP contribution is -2.39. The smallest absolute Gasteiger partial charge is 0.451 e. The van der Waals surface area contributed by atoms with Crippen molar-refractivity contribution in [2.45, 2.75) is 50.7 Å². The van der Waals surface area contributed by atoms with E-state index in [1.165, 1.54) is 15.8 Å². The molecule has 5 rings (SSSR count). The van der Waals surface area contributed by atoms with E-state index in [2.05, 4.69) is 37.4 Å². The number of anilines is 1. The van der Waals surface area contributed by atoms with Gasteiger partial charge in [-0.15, -0.1) is 5.10 Å². The molecule has 0 radical (unpaired) electrons. The average Bonchev–Trinajstić information content (AvgIpc) is 3.22. The number of aromatic hydroxyl groups is 1. The standard InChI is InChI=1S/C23H27F3N6O3/c24-23(25,26)22-28-18-19(21(34)29-22)32(17-7-3-4-10-35-17)30-20(18)27-11-16(33)13-31-9-8-14-5-1-2-6-15(14)12-31/h1-2,5-6,16-17,33H,3-4,7-13H2,(H,27,30)(H,28,29,34)/t16-,17?/m0/s1. The van der Waals surface area contributed by atoms with E-state index in [-0.39, 0.29) is 23.4 Å².